The number of para-hydroxylation sites is 1. The number of ether oxygens (including phenoxy) is 1. The van der Waals surface area contributed by atoms with Gasteiger partial charge in [0.05, 0.1) is 11.6 Å². The Bertz CT molecular complexity index is 1010. The van der Waals surface area contributed by atoms with Gasteiger partial charge in [0.1, 0.15) is 11.6 Å². The summed E-state index contributed by atoms with van der Waals surface area (Å²) in [7, 11) is 0. The monoisotopic (exact) mass is 444 g/mol. The van der Waals surface area contributed by atoms with Crippen LogP contribution in [0.25, 0.3) is 10.9 Å². The van der Waals surface area contributed by atoms with Crippen LogP contribution >= 0.6 is 0 Å². The molecule has 1 heterocycles. The van der Waals surface area contributed by atoms with Crippen molar-refractivity contribution in [3.63, 3.8) is 0 Å². The summed E-state index contributed by atoms with van der Waals surface area (Å²) < 4.78 is 6.94. The topological polar surface area (TPSA) is 158 Å². The van der Waals surface area contributed by atoms with Crippen molar-refractivity contribution in [1.29, 1.82) is 0 Å². The van der Waals surface area contributed by atoms with E-state index in [2.05, 4.69) is 15.3 Å². The van der Waals surface area contributed by atoms with Gasteiger partial charge < -0.3 is 21.4 Å². The Kier molecular flexibility index (Phi) is 8.48. The molecule has 0 aliphatic rings. The molecule has 1 aromatic heterocycles. The SMILES string of the molecule is CCCC[C@H](N=C(N=NN)[C@@H](N)Cc1cn(C(=O)OC(C)(C)C)c2ccccc12)C(=O)O. The predicted octanol–water partition coefficient (Wildman–Crippen LogP) is 3.66. The lowest BCUT2D eigenvalue weighted by atomic mass is 10.0. The van der Waals surface area contributed by atoms with Crippen LogP contribution in [0, 0.1) is 0 Å². The molecular weight excluding hydrogens is 412 g/mol. The first-order chi connectivity index (χ1) is 15.1. The van der Waals surface area contributed by atoms with Crippen molar-refractivity contribution in [2.75, 3.05) is 0 Å². The molecule has 0 fully saturated rings. The van der Waals surface area contributed by atoms with Crippen LogP contribution in [-0.2, 0) is 16.0 Å². The maximum atomic E-state index is 12.7. The van der Waals surface area contributed by atoms with Gasteiger partial charge in [-0.2, -0.15) is 0 Å². The van der Waals surface area contributed by atoms with Crippen molar-refractivity contribution in [3.8, 4) is 0 Å². The molecule has 0 unspecified atom stereocenters. The first-order valence-corrected chi connectivity index (χ1v) is 10.6. The zero-order valence-corrected chi connectivity index (χ0v) is 19.0. The minimum atomic E-state index is -1.06. The highest BCUT2D eigenvalue weighted by Crippen LogP contribution is 2.24. The van der Waals surface area contributed by atoms with Crippen molar-refractivity contribution < 1.29 is 19.4 Å². The number of hydrogen-bond donors (Lipinski definition) is 3. The molecule has 10 nitrogen and oxygen atoms in total. The third-order valence-electron chi connectivity index (χ3n) is 4.72. The summed E-state index contributed by atoms with van der Waals surface area (Å²) in [4.78, 5) is 28.5. The average molecular weight is 445 g/mol. The Balaban J connectivity index is 2.39. The van der Waals surface area contributed by atoms with Gasteiger partial charge in [0.15, 0.2) is 5.84 Å². The van der Waals surface area contributed by atoms with Gasteiger partial charge in [0.2, 0.25) is 0 Å². The van der Waals surface area contributed by atoms with Crippen LogP contribution in [0.4, 0.5) is 4.79 Å². The van der Waals surface area contributed by atoms with E-state index in [1.54, 1.807) is 27.0 Å². The number of benzene rings is 1. The molecule has 32 heavy (non-hydrogen) atoms. The fraction of sp³-hybridized carbons (Fsp3) is 0.500. The normalized spacial score (nSPS) is 14.6. The Morgan fingerprint density at radius 1 is 1.25 bits per heavy atom. The molecule has 0 radical (unpaired) electrons. The van der Waals surface area contributed by atoms with E-state index < -0.39 is 29.7 Å². The predicted molar refractivity (Wildman–Crippen MR) is 123 cm³/mol. The smallest absolute Gasteiger partial charge is 0.419 e. The number of aliphatic imine (C=N–C) groups is 1. The lowest BCUT2D eigenvalue weighted by Crippen LogP contribution is -2.34. The summed E-state index contributed by atoms with van der Waals surface area (Å²) >= 11 is 0. The number of unbranched alkanes of at least 4 members (excludes halogenated alkanes) is 1. The lowest BCUT2D eigenvalue weighted by molar-refractivity contribution is -0.138. The van der Waals surface area contributed by atoms with Gasteiger partial charge in [-0.1, -0.05) is 43.2 Å². The van der Waals surface area contributed by atoms with Crippen LogP contribution < -0.4 is 11.6 Å². The van der Waals surface area contributed by atoms with E-state index in [-0.39, 0.29) is 12.3 Å². The molecular formula is C22H32N6O4. The summed E-state index contributed by atoms with van der Waals surface area (Å²) in [5.74, 6) is 4.20. The summed E-state index contributed by atoms with van der Waals surface area (Å²) in [6.45, 7) is 7.36. The molecule has 2 rings (SSSR count). The van der Waals surface area contributed by atoms with E-state index in [1.807, 2.05) is 31.2 Å². The van der Waals surface area contributed by atoms with Crippen molar-refractivity contribution in [1.82, 2.24) is 4.57 Å². The van der Waals surface area contributed by atoms with Gasteiger partial charge >= 0.3 is 12.1 Å². The van der Waals surface area contributed by atoms with Crippen molar-refractivity contribution in [2.45, 2.75) is 71.1 Å². The number of nitrogens with two attached hydrogens (primary N) is 2. The maximum absolute atomic E-state index is 12.7. The molecule has 10 heteroatoms. The van der Waals surface area contributed by atoms with E-state index in [0.717, 1.165) is 17.4 Å². The molecule has 5 N–H and O–H groups in total. The Labute approximate surface area is 187 Å². The number of carbonyl (C=O) groups is 2. The molecule has 0 saturated carbocycles. The Morgan fingerprint density at radius 2 is 1.94 bits per heavy atom. The molecule has 174 valence electrons. The van der Waals surface area contributed by atoms with Gasteiger partial charge in [-0.25, -0.2) is 9.59 Å². The summed E-state index contributed by atoms with van der Waals surface area (Å²) in [5.41, 5.74) is 7.12. The van der Waals surface area contributed by atoms with Crippen LogP contribution in [-0.4, -0.2) is 45.3 Å². The minimum Gasteiger partial charge on any atom is -0.480 e. The Hall–Kier alpha value is -3.27. The number of fused-ring (bicyclic) bond motifs is 1. The summed E-state index contributed by atoms with van der Waals surface area (Å²) in [5, 5.41) is 17.4. The molecule has 2 aromatic rings. The number of amidine groups is 1. The zero-order chi connectivity index (χ0) is 23.9. The fourth-order valence-electron chi connectivity index (χ4n) is 3.26. The van der Waals surface area contributed by atoms with Crippen LogP contribution in [0.5, 0.6) is 0 Å². The first-order valence-electron chi connectivity index (χ1n) is 10.6. The molecule has 2 atom stereocenters. The molecule has 0 aliphatic heterocycles. The van der Waals surface area contributed by atoms with Gasteiger partial charge in [-0.05, 0) is 45.2 Å². The van der Waals surface area contributed by atoms with Crippen LogP contribution in [0.1, 0.15) is 52.5 Å². The van der Waals surface area contributed by atoms with Crippen molar-refractivity contribution in [3.05, 3.63) is 36.0 Å². The molecule has 0 amide bonds. The van der Waals surface area contributed by atoms with Gasteiger partial charge in [-0.15, -0.1) is 5.11 Å². The van der Waals surface area contributed by atoms with Crippen molar-refractivity contribution >= 4 is 28.8 Å². The number of carbonyl (C=O) groups excluding carboxylic acids is 1. The summed E-state index contributed by atoms with van der Waals surface area (Å²) in [6, 6.07) is 5.62. The third kappa shape index (κ3) is 6.61. The van der Waals surface area contributed by atoms with Gasteiger partial charge in [0.25, 0.3) is 0 Å². The molecule has 0 bridgehead atoms. The highest BCUT2D eigenvalue weighted by atomic mass is 16.6. The molecule has 1 aromatic carbocycles. The maximum Gasteiger partial charge on any atom is 0.419 e. The number of hydrogen-bond acceptors (Lipinski definition) is 6. The summed E-state index contributed by atoms with van der Waals surface area (Å²) in [6.07, 6.45) is 3.31. The number of carboxylic acids is 1. The largest absolute Gasteiger partial charge is 0.480 e. The Morgan fingerprint density at radius 3 is 2.53 bits per heavy atom. The van der Waals surface area contributed by atoms with E-state index in [1.165, 1.54) is 4.57 Å². The van der Waals surface area contributed by atoms with E-state index in [4.69, 9.17) is 16.3 Å². The van der Waals surface area contributed by atoms with E-state index >= 15 is 0 Å². The number of aliphatic carboxylic acids is 1. The third-order valence-corrected chi connectivity index (χ3v) is 4.72. The second-order valence-electron chi connectivity index (χ2n) is 8.53. The quantitative estimate of drug-likeness (QED) is 0.185. The zero-order valence-electron chi connectivity index (χ0n) is 19.0. The highest BCUT2D eigenvalue weighted by molar-refractivity contribution is 5.94. The van der Waals surface area contributed by atoms with Gasteiger partial charge in [0, 0.05) is 11.6 Å². The number of rotatable bonds is 8. The van der Waals surface area contributed by atoms with Crippen LogP contribution in [0.2, 0.25) is 0 Å². The van der Waals surface area contributed by atoms with Crippen molar-refractivity contribution in [2.24, 2.45) is 26.9 Å². The molecule has 0 saturated heterocycles. The fourth-order valence-corrected chi connectivity index (χ4v) is 3.26. The lowest BCUT2D eigenvalue weighted by Gasteiger charge is -2.19. The highest BCUT2D eigenvalue weighted by Gasteiger charge is 2.24. The number of carboxylic acid groups (broad SMARTS) is 1. The minimum absolute atomic E-state index is 0.0464. The second-order valence-corrected chi connectivity index (χ2v) is 8.53. The van der Waals surface area contributed by atoms with Crippen LogP contribution in [0.15, 0.2) is 45.8 Å². The molecule has 0 spiro atoms. The molecule has 0 aliphatic carbocycles. The number of aromatic nitrogens is 1. The second kappa shape index (κ2) is 10.9. The number of nitrogens with zero attached hydrogens (tertiary/aromatic N) is 4. The average Bonchev–Trinajstić information content (AvgIpc) is 3.07. The van der Waals surface area contributed by atoms with Gasteiger partial charge in [-0.3, -0.25) is 9.56 Å². The standard InChI is InChI=1S/C22H32N6O4/c1-5-6-10-17(20(29)30)25-19(26-27-24)16(23)12-14-13-28(21(31)32-22(2,3)4)18-11-8-7-9-15(14)18/h7-9,11,13,16-17H,5-6,10,12,23H2,1-4H3,(H,29,30)(H2,24,25,26)/t16-,17-/m0/s1. The van der Waals surface area contributed by atoms with Crippen LogP contribution in [0.3, 0.4) is 0 Å². The van der Waals surface area contributed by atoms with E-state index in [0.29, 0.717) is 18.4 Å². The first kappa shape index (κ1) is 25.0. The van der Waals surface area contributed by atoms with E-state index in [9.17, 15) is 14.7 Å².